The van der Waals surface area contributed by atoms with Crippen LogP contribution in [-0.4, -0.2) is 42.9 Å². The van der Waals surface area contributed by atoms with Gasteiger partial charge in [0.1, 0.15) is 5.82 Å². The summed E-state index contributed by atoms with van der Waals surface area (Å²) in [6.07, 6.45) is 1.75. The van der Waals surface area contributed by atoms with Gasteiger partial charge in [-0.05, 0) is 37.1 Å². The fourth-order valence-electron chi connectivity index (χ4n) is 2.27. The van der Waals surface area contributed by atoms with Gasteiger partial charge in [0.15, 0.2) is 0 Å². The number of benzene rings is 1. The summed E-state index contributed by atoms with van der Waals surface area (Å²) in [5.41, 5.74) is 0.915. The second-order valence-corrected chi connectivity index (χ2v) is 5.17. The highest BCUT2D eigenvalue weighted by atomic mass is 35.5. The summed E-state index contributed by atoms with van der Waals surface area (Å²) in [5.74, 6) is -0.402. The molecule has 0 bridgehead atoms. The number of aliphatic hydroxyl groups excluding tert-OH is 1. The first-order chi connectivity index (χ1) is 9.20. The molecule has 1 aliphatic heterocycles. The van der Waals surface area contributed by atoms with Gasteiger partial charge in [-0.25, -0.2) is 4.39 Å². The lowest BCUT2D eigenvalue weighted by Gasteiger charge is -2.33. The fourth-order valence-corrected chi connectivity index (χ4v) is 2.46. The zero-order chi connectivity index (χ0) is 13.7. The first-order valence-electron chi connectivity index (χ1n) is 6.60. The molecule has 1 aromatic rings. The molecule has 0 radical (unpaired) electrons. The maximum Gasteiger partial charge on any atom is 0.141 e. The Labute approximate surface area is 117 Å². The van der Waals surface area contributed by atoms with Gasteiger partial charge in [0, 0.05) is 19.7 Å². The number of hydrogen-bond donors (Lipinski definition) is 1. The summed E-state index contributed by atoms with van der Waals surface area (Å²) < 4.78 is 18.9. The third kappa shape index (κ3) is 4.14. The van der Waals surface area contributed by atoms with E-state index in [-0.39, 0.29) is 17.7 Å². The average Bonchev–Trinajstić information content (AvgIpc) is 2.43. The number of nitrogens with zero attached hydrogens (tertiary/aromatic N) is 1. The molecule has 0 aliphatic carbocycles. The van der Waals surface area contributed by atoms with Crippen LogP contribution >= 0.6 is 11.6 Å². The first kappa shape index (κ1) is 14.7. The topological polar surface area (TPSA) is 32.7 Å². The minimum atomic E-state index is -0.402. The van der Waals surface area contributed by atoms with Gasteiger partial charge in [-0.15, -0.1) is 0 Å². The Kier molecular flexibility index (Phi) is 5.58. The lowest BCUT2D eigenvalue weighted by Crippen LogP contribution is -2.38. The molecule has 1 heterocycles. The third-order valence-corrected chi connectivity index (χ3v) is 3.64. The van der Waals surface area contributed by atoms with E-state index in [1.54, 1.807) is 12.1 Å². The van der Waals surface area contributed by atoms with Crippen molar-refractivity contribution in [2.45, 2.75) is 18.9 Å². The highest BCUT2D eigenvalue weighted by Gasteiger charge is 2.22. The maximum atomic E-state index is 13.1. The van der Waals surface area contributed by atoms with Crippen LogP contribution in [0, 0.1) is 5.82 Å². The lowest BCUT2D eigenvalue weighted by molar-refractivity contribution is -0.0305. The van der Waals surface area contributed by atoms with Crippen molar-refractivity contribution in [2.75, 3.05) is 32.8 Å². The van der Waals surface area contributed by atoms with E-state index in [9.17, 15) is 4.39 Å². The van der Waals surface area contributed by atoms with E-state index in [0.717, 1.165) is 38.0 Å². The predicted octanol–water partition coefficient (Wildman–Crippen LogP) is 2.62. The highest BCUT2D eigenvalue weighted by Crippen LogP contribution is 2.26. The molecule has 0 amide bonds. The third-order valence-electron chi connectivity index (χ3n) is 3.35. The van der Waals surface area contributed by atoms with E-state index in [4.69, 9.17) is 21.4 Å². The van der Waals surface area contributed by atoms with Gasteiger partial charge >= 0.3 is 0 Å². The van der Waals surface area contributed by atoms with Gasteiger partial charge in [0.05, 0.1) is 17.7 Å². The summed E-state index contributed by atoms with van der Waals surface area (Å²) in [4.78, 5) is 2.31. The number of aliphatic hydroxyl groups is 1. The molecule has 1 N–H and O–H groups in total. The molecule has 1 aliphatic rings. The van der Waals surface area contributed by atoms with Crippen molar-refractivity contribution >= 4 is 11.6 Å². The van der Waals surface area contributed by atoms with E-state index in [0.29, 0.717) is 6.61 Å². The van der Waals surface area contributed by atoms with Gasteiger partial charge in [-0.3, -0.25) is 4.90 Å². The monoisotopic (exact) mass is 287 g/mol. The van der Waals surface area contributed by atoms with Crippen LogP contribution in [0.2, 0.25) is 5.02 Å². The van der Waals surface area contributed by atoms with Crippen molar-refractivity contribution < 1.29 is 14.2 Å². The Hall–Kier alpha value is -0.680. The van der Waals surface area contributed by atoms with Crippen LogP contribution in [0.1, 0.15) is 24.5 Å². The normalized spacial score (nSPS) is 20.7. The molecule has 106 valence electrons. The summed E-state index contributed by atoms with van der Waals surface area (Å²) in [5, 5.41) is 8.93. The highest BCUT2D eigenvalue weighted by molar-refractivity contribution is 6.30. The van der Waals surface area contributed by atoms with Crippen molar-refractivity contribution in [1.29, 1.82) is 0 Å². The molecule has 1 aromatic carbocycles. The second-order valence-electron chi connectivity index (χ2n) is 4.76. The van der Waals surface area contributed by atoms with Crippen LogP contribution in [0.3, 0.4) is 0 Å². The molecule has 2 rings (SSSR count). The Morgan fingerprint density at radius 1 is 1.42 bits per heavy atom. The molecule has 0 aromatic heterocycles. The predicted molar refractivity (Wildman–Crippen MR) is 72.9 cm³/mol. The lowest BCUT2D eigenvalue weighted by atomic mass is 10.1. The van der Waals surface area contributed by atoms with E-state index in [2.05, 4.69) is 4.90 Å². The fraction of sp³-hybridized carbons (Fsp3) is 0.571. The summed E-state index contributed by atoms with van der Waals surface area (Å²) in [6.45, 7) is 3.54. The number of ether oxygens (including phenoxy) is 1. The van der Waals surface area contributed by atoms with E-state index in [1.807, 2.05) is 0 Å². The van der Waals surface area contributed by atoms with Crippen LogP contribution < -0.4 is 0 Å². The maximum absolute atomic E-state index is 13.1. The summed E-state index contributed by atoms with van der Waals surface area (Å²) in [6, 6.07) is 4.74. The van der Waals surface area contributed by atoms with Crippen molar-refractivity contribution in [2.24, 2.45) is 0 Å². The Bertz CT molecular complexity index is 416. The number of unbranched alkanes of at least 4 members (excludes halogenated alkanes) is 1. The molecule has 1 fully saturated rings. The number of hydrogen-bond acceptors (Lipinski definition) is 3. The first-order valence-corrected chi connectivity index (χ1v) is 6.98. The number of halogens is 2. The molecular formula is C14H19ClFNO2. The minimum absolute atomic E-state index is 0.0547. The van der Waals surface area contributed by atoms with Crippen molar-refractivity contribution in [3.63, 3.8) is 0 Å². The van der Waals surface area contributed by atoms with Crippen LogP contribution in [0.5, 0.6) is 0 Å². The molecule has 0 spiro atoms. The van der Waals surface area contributed by atoms with Crippen LogP contribution in [0.25, 0.3) is 0 Å². The smallest absolute Gasteiger partial charge is 0.141 e. The number of rotatable bonds is 5. The Morgan fingerprint density at radius 2 is 2.26 bits per heavy atom. The summed E-state index contributed by atoms with van der Waals surface area (Å²) >= 11 is 5.80. The van der Waals surface area contributed by atoms with Crippen LogP contribution in [0.4, 0.5) is 4.39 Å². The minimum Gasteiger partial charge on any atom is -0.396 e. The largest absolute Gasteiger partial charge is 0.396 e. The summed E-state index contributed by atoms with van der Waals surface area (Å²) in [7, 11) is 0. The number of morpholine rings is 1. The molecular weight excluding hydrogens is 269 g/mol. The molecule has 5 heteroatoms. The second kappa shape index (κ2) is 7.20. The van der Waals surface area contributed by atoms with E-state index >= 15 is 0 Å². The van der Waals surface area contributed by atoms with Gasteiger partial charge in [-0.2, -0.15) is 0 Å². The van der Waals surface area contributed by atoms with E-state index < -0.39 is 5.82 Å². The SMILES string of the molecule is OCCCCN1CCOC(c2ccc(F)c(Cl)c2)C1. The molecule has 1 unspecified atom stereocenters. The van der Waals surface area contributed by atoms with Crippen molar-refractivity contribution in [1.82, 2.24) is 4.90 Å². The van der Waals surface area contributed by atoms with Crippen molar-refractivity contribution in [3.05, 3.63) is 34.6 Å². The van der Waals surface area contributed by atoms with Gasteiger partial charge in [0.2, 0.25) is 0 Å². The Morgan fingerprint density at radius 3 is 3.00 bits per heavy atom. The zero-order valence-electron chi connectivity index (χ0n) is 10.8. The molecule has 19 heavy (non-hydrogen) atoms. The molecule has 3 nitrogen and oxygen atoms in total. The molecule has 1 atom stereocenters. The molecule has 1 saturated heterocycles. The quantitative estimate of drug-likeness (QED) is 0.845. The van der Waals surface area contributed by atoms with Crippen molar-refractivity contribution in [3.8, 4) is 0 Å². The zero-order valence-corrected chi connectivity index (χ0v) is 11.6. The van der Waals surface area contributed by atoms with Crippen LogP contribution in [0.15, 0.2) is 18.2 Å². The van der Waals surface area contributed by atoms with Gasteiger partial charge in [0.25, 0.3) is 0 Å². The molecule has 0 saturated carbocycles. The van der Waals surface area contributed by atoms with Gasteiger partial charge in [-0.1, -0.05) is 17.7 Å². The van der Waals surface area contributed by atoms with E-state index in [1.165, 1.54) is 6.07 Å². The standard InChI is InChI=1S/C14H19ClFNO2/c15-12-9-11(3-4-13(12)16)14-10-17(6-8-19-14)5-1-2-7-18/h3-4,9,14,18H,1-2,5-8,10H2. The average molecular weight is 288 g/mol. The van der Waals surface area contributed by atoms with Gasteiger partial charge < -0.3 is 9.84 Å². The van der Waals surface area contributed by atoms with Crippen LogP contribution in [-0.2, 0) is 4.74 Å². The Balaban J connectivity index is 1.94.